The van der Waals surface area contributed by atoms with Gasteiger partial charge >= 0.3 is 0 Å². The molecular formula is C12H16ClNO. The van der Waals surface area contributed by atoms with Crippen LogP contribution >= 0.6 is 11.6 Å². The van der Waals surface area contributed by atoms with Crippen molar-refractivity contribution in [1.29, 1.82) is 0 Å². The Morgan fingerprint density at radius 1 is 1.53 bits per heavy atom. The minimum absolute atomic E-state index is 0.137. The lowest BCUT2D eigenvalue weighted by Gasteiger charge is -2.05. The molecule has 0 saturated carbocycles. The highest BCUT2D eigenvalue weighted by Gasteiger charge is 2.07. The van der Waals surface area contributed by atoms with E-state index in [1.165, 1.54) is 0 Å². The molecule has 3 heteroatoms. The average Bonchev–Trinajstić information content (AvgIpc) is 2.20. The Labute approximate surface area is 95.7 Å². The maximum Gasteiger partial charge on any atom is 0.135 e. The van der Waals surface area contributed by atoms with Gasteiger partial charge in [-0.3, -0.25) is 9.78 Å². The second kappa shape index (κ2) is 5.86. The summed E-state index contributed by atoms with van der Waals surface area (Å²) in [6, 6.07) is 1.90. The van der Waals surface area contributed by atoms with Crippen molar-refractivity contribution in [1.82, 2.24) is 4.98 Å². The van der Waals surface area contributed by atoms with Crippen molar-refractivity contribution in [2.75, 3.05) is 0 Å². The van der Waals surface area contributed by atoms with Crippen molar-refractivity contribution < 1.29 is 4.79 Å². The molecule has 0 saturated heterocycles. The molecular weight excluding hydrogens is 210 g/mol. The first-order chi connectivity index (χ1) is 7.11. The van der Waals surface area contributed by atoms with Crippen molar-refractivity contribution in [2.45, 2.75) is 33.1 Å². The van der Waals surface area contributed by atoms with Crippen molar-refractivity contribution >= 4 is 17.4 Å². The zero-order chi connectivity index (χ0) is 11.3. The number of pyridine rings is 1. The number of hydrogen-bond acceptors (Lipinski definition) is 2. The molecule has 1 aromatic rings. The monoisotopic (exact) mass is 225 g/mol. The van der Waals surface area contributed by atoms with Crippen LogP contribution in [-0.4, -0.2) is 10.8 Å². The maximum absolute atomic E-state index is 11.4. The summed E-state index contributed by atoms with van der Waals surface area (Å²) in [4.78, 5) is 15.3. The van der Waals surface area contributed by atoms with Crippen LogP contribution in [0.15, 0.2) is 18.5 Å². The van der Waals surface area contributed by atoms with Gasteiger partial charge in [-0.05, 0) is 24.5 Å². The molecule has 0 unspecified atom stereocenters. The fourth-order valence-electron chi connectivity index (χ4n) is 1.35. The van der Waals surface area contributed by atoms with Crippen LogP contribution in [-0.2, 0) is 11.2 Å². The third-order valence-electron chi connectivity index (χ3n) is 2.37. The first-order valence-electron chi connectivity index (χ1n) is 5.22. The first-order valence-corrected chi connectivity index (χ1v) is 5.60. The smallest absolute Gasteiger partial charge is 0.135 e. The van der Waals surface area contributed by atoms with Gasteiger partial charge in [0.2, 0.25) is 0 Å². The molecule has 0 aliphatic rings. The first kappa shape index (κ1) is 12.2. The number of carbonyl (C=O) groups is 1. The quantitative estimate of drug-likeness (QED) is 0.770. The van der Waals surface area contributed by atoms with E-state index in [2.05, 4.69) is 4.98 Å². The van der Waals surface area contributed by atoms with E-state index < -0.39 is 0 Å². The van der Waals surface area contributed by atoms with Gasteiger partial charge in [-0.25, -0.2) is 0 Å². The van der Waals surface area contributed by atoms with Crippen molar-refractivity contribution in [3.63, 3.8) is 0 Å². The maximum atomic E-state index is 11.4. The van der Waals surface area contributed by atoms with E-state index in [0.29, 0.717) is 17.2 Å². The van der Waals surface area contributed by atoms with Gasteiger partial charge in [0.1, 0.15) is 5.78 Å². The molecule has 15 heavy (non-hydrogen) atoms. The predicted octanol–water partition coefficient (Wildman–Crippen LogP) is 3.28. The van der Waals surface area contributed by atoms with Gasteiger partial charge in [0.15, 0.2) is 0 Å². The van der Waals surface area contributed by atoms with E-state index in [-0.39, 0.29) is 5.92 Å². The van der Waals surface area contributed by atoms with Gasteiger partial charge in [-0.1, -0.05) is 25.4 Å². The van der Waals surface area contributed by atoms with Gasteiger partial charge in [0.25, 0.3) is 0 Å². The number of carbonyl (C=O) groups excluding carboxylic acids is 1. The van der Waals surface area contributed by atoms with Gasteiger partial charge < -0.3 is 0 Å². The topological polar surface area (TPSA) is 30.0 Å². The molecule has 0 amide bonds. The molecule has 0 N–H and O–H groups in total. The van der Waals surface area contributed by atoms with E-state index in [1.54, 1.807) is 12.4 Å². The summed E-state index contributed by atoms with van der Waals surface area (Å²) in [6.45, 7) is 3.86. The van der Waals surface area contributed by atoms with Crippen LogP contribution in [0.5, 0.6) is 0 Å². The number of aromatic nitrogens is 1. The third-order valence-corrected chi connectivity index (χ3v) is 2.71. The summed E-state index contributed by atoms with van der Waals surface area (Å²) in [7, 11) is 0. The number of hydrogen-bond donors (Lipinski definition) is 0. The highest BCUT2D eigenvalue weighted by atomic mass is 35.5. The highest BCUT2D eigenvalue weighted by molar-refractivity contribution is 6.31. The van der Waals surface area contributed by atoms with Gasteiger partial charge in [0.05, 0.1) is 5.02 Å². The lowest BCUT2D eigenvalue weighted by molar-refractivity contribution is -0.121. The van der Waals surface area contributed by atoms with Crippen LogP contribution < -0.4 is 0 Å². The minimum Gasteiger partial charge on any atom is -0.299 e. The number of aryl methyl sites for hydroxylation is 1. The van der Waals surface area contributed by atoms with Crippen LogP contribution in [0.4, 0.5) is 0 Å². The zero-order valence-corrected chi connectivity index (χ0v) is 9.92. The second-order valence-electron chi connectivity index (χ2n) is 3.94. The van der Waals surface area contributed by atoms with E-state index in [9.17, 15) is 4.79 Å². The van der Waals surface area contributed by atoms with Crippen LogP contribution in [0.25, 0.3) is 0 Å². The van der Waals surface area contributed by atoms with Crippen molar-refractivity contribution in [2.24, 2.45) is 5.92 Å². The summed E-state index contributed by atoms with van der Waals surface area (Å²) in [5.74, 6) is 0.457. The number of halogens is 1. The molecule has 1 rings (SSSR count). The SMILES string of the molecule is CC(C)C(=O)CCCc1ccncc1Cl. The van der Waals surface area contributed by atoms with Crippen LogP contribution in [0.1, 0.15) is 32.3 Å². The Balaban J connectivity index is 2.38. The molecule has 0 spiro atoms. The van der Waals surface area contributed by atoms with Gasteiger partial charge in [-0.2, -0.15) is 0 Å². The van der Waals surface area contributed by atoms with Gasteiger partial charge in [0, 0.05) is 24.7 Å². The molecule has 0 fully saturated rings. The molecule has 2 nitrogen and oxygen atoms in total. The summed E-state index contributed by atoms with van der Waals surface area (Å²) in [5, 5.41) is 0.689. The van der Waals surface area contributed by atoms with Gasteiger partial charge in [-0.15, -0.1) is 0 Å². The molecule has 0 atom stereocenters. The Morgan fingerprint density at radius 3 is 2.87 bits per heavy atom. The molecule has 0 bridgehead atoms. The Kier molecular flexibility index (Phi) is 4.76. The van der Waals surface area contributed by atoms with Crippen molar-refractivity contribution in [3.8, 4) is 0 Å². The van der Waals surface area contributed by atoms with E-state index >= 15 is 0 Å². The van der Waals surface area contributed by atoms with E-state index in [1.807, 2.05) is 19.9 Å². The molecule has 82 valence electrons. The number of ketones is 1. The fraction of sp³-hybridized carbons (Fsp3) is 0.500. The van der Waals surface area contributed by atoms with Crippen LogP contribution in [0.2, 0.25) is 5.02 Å². The van der Waals surface area contributed by atoms with Crippen LogP contribution in [0, 0.1) is 5.92 Å². The third kappa shape index (κ3) is 4.00. The molecule has 1 heterocycles. The minimum atomic E-state index is 0.137. The lowest BCUT2D eigenvalue weighted by atomic mass is 10.0. The number of nitrogens with zero attached hydrogens (tertiary/aromatic N) is 1. The summed E-state index contributed by atoms with van der Waals surface area (Å²) in [5.41, 5.74) is 1.07. The standard InChI is InChI=1S/C12H16ClNO/c1-9(2)12(15)5-3-4-10-6-7-14-8-11(10)13/h6-9H,3-5H2,1-2H3. The largest absolute Gasteiger partial charge is 0.299 e. The number of Topliss-reactive ketones (excluding diaryl/α,β-unsaturated/α-hetero) is 1. The zero-order valence-electron chi connectivity index (χ0n) is 9.16. The number of rotatable bonds is 5. The molecule has 0 aliphatic heterocycles. The Hall–Kier alpha value is -0.890. The summed E-state index contributed by atoms with van der Waals surface area (Å²) in [6.07, 6.45) is 5.71. The highest BCUT2D eigenvalue weighted by Crippen LogP contribution is 2.16. The Bertz CT molecular complexity index is 336. The summed E-state index contributed by atoms with van der Waals surface area (Å²) >= 11 is 5.95. The van der Waals surface area contributed by atoms with E-state index in [4.69, 9.17) is 11.6 Å². The van der Waals surface area contributed by atoms with Crippen LogP contribution in [0.3, 0.4) is 0 Å². The molecule has 0 aromatic carbocycles. The average molecular weight is 226 g/mol. The molecule has 0 radical (unpaired) electrons. The summed E-state index contributed by atoms with van der Waals surface area (Å²) < 4.78 is 0. The lowest BCUT2D eigenvalue weighted by Crippen LogP contribution is -2.06. The molecule has 0 aliphatic carbocycles. The second-order valence-corrected chi connectivity index (χ2v) is 4.35. The normalized spacial score (nSPS) is 10.7. The Morgan fingerprint density at radius 2 is 2.27 bits per heavy atom. The predicted molar refractivity (Wildman–Crippen MR) is 62.0 cm³/mol. The van der Waals surface area contributed by atoms with E-state index in [0.717, 1.165) is 18.4 Å². The fourth-order valence-corrected chi connectivity index (χ4v) is 1.56. The van der Waals surface area contributed by atoms with Crippen molar-refractivity contribution in [3.05, 3.63) is 29.0 Å². The molecule has 1 aromatic heterocycles.